The first-order valence-electron chi connectivity index (χ1n) is 10.6. The van der Waals surface area contributed by atoms with Gasteiger partial charge in [0, 0.05) is 70.6 Å². The molecule has 9 heteroatoms. The van der Waals surface area contributed by atoms with E-state index in [4.69, 9.17) is 9.47 Å². The Kier molecular flexibility index (Phi) is 8.11. The third-order valence-electron chi connectivity index (χ3n) is 6.28. The number of sulfonamides is 1. The van der Waals surface area contributed by atoms with Crippen molar-refractivity contribution in [3.8, 4) is 0 Å². The molecule has 3 aliphatic heterocycles. The molecule has 1 amide bonds. The lowest BCUT2D eigenvalue weighted by Gasteiger charge is -2.43. The summed E-state index contributed by atoms with van der Waals surface area (Å²) in [5.41, 5.74) is 0. The first-order chi connectivity index (χ1) is 13.4. The standard InChI is InChI=1S/C19H35N3O5S/c1-28(24,25)21-9-2-17(3-10-21)22(18-6-14-27-15-7-18)11-8-20-19(23)16-4-12-26-13-5-16/h16-18H,2-15H2,1H3,(H,20,23). The number of rotatable bonds is 7. The second-order valence-corrected chi connectivity index (χ2v) is 10.1. The molecule has 0 saturated carbocycles. The fourth-order valence-corrected chi connectivity index (χ4v) is 5.47. The van der Waals surface area contributed by atoms with E-state index in [2.05, 4.69) is 10.2 Å². The topological polar surface area (TPSA) is 88.2 Å². The lowest BCUT2D eigenvalue weighted by Crippen LogP contribution is -2.53. The van der Waals surface area contributed by atoms with Gasteiger partial charge in [-0.3, -0.25) is 9.69 Å². The summed E-state index contributed by atoms with van der Waals surface area (Å²) in [6, 6.07) is 0.810. The van der Waals surface area contributed by atoms with Crippen LogP contribution in [0.4, 0.5) is 0 Å². The number of hydrogen-bond acceptors (Lipinski definition) is 6. The molecule has 28 heavy (non-hydrogen) atoms. The minimum atomic E-state index is -3.11. The molecular formula is C19H35N3O5S. The van der Waals surface area contributed by atoms with E-state index in [1.54, 1.807) is 4.31 Å². The second-order valence-electron chi connectivity index (χ2n) is 8.15. The number of ether oxygens (including phenoxy) is 2. The highest BCUT2D eigenvalue weighted by molar-refractivity contribution is 7.88. The van der Waals surface area contributed by atoms with Gasteiger partial charge in [0.2, 0.25) is 15.9 Å². The van der Waals surface area contributed by atoms with Gasteiger partial charge in [-0.2, -0.15) is 0 Å². The van der Waals surface area contributed by atoms with Crippen LogP contribution in [-0.2, 0) is 24.3 Å². The summed E-state index contributed by atoms with van der Waals surface area (Å²) in [5.74, 6) is 0.213. The van der Waals surface area contributed by atoms with Crippen LogP contribution in [-0.4, -0.2) is 94.5 Å². The van der Waals surface area contributed by atoms with Crippen molar-refractivity contribution in [3.63, 3.8) is 0 Å². The summed E-state index contributed by atoms with van der Waals surface area (Å²) in [7, 11) is -3.11. The number of carbonyl (C=O) groups excluding carboxylic acids is 1. The van der Waals surface area contributed by atoms with Gasteiger partial charge in [0.1, 0.15) is 0 Å². The van der Waals surface area contributed by atoms with Gasteiger partial charge in [0.05, 0.1) is 6.26 Å². The van der Waals surface area contributed by atoms with E-state index in [1.165, 1.54) is 6.26 Å². The number of piperidine rings is 1. The molecule has 3 heterocycles. The van der Waals surface area contributed by atoms with Crippen LogP contribution in [0, 0.1) is 5.92 Å². The molecule has 3 fully saturated rings. The predicted molar refractivity (Wildman–Crippen MR) is 107 cm³/mol. The Bertz CT molecular complexity index is 595. The van der Waals surface area contributed by atoms with Crippen molar-refractivity contribution in [1.82, 2.24) is 14.5 Å². The molecule has 0 aromatic heterocycles. The van der Waals surface area contributed by atoms with E-state index in [0.717, 1.165) is 58.3 Å². The van der Waals surface area contributed by atoms with Crippen LogP contribution < -0.4 is 5.32 Å². The fraction of sp³-hybridized carbons (Fsp3) is 0.947. The molecular weight excluding hydrogens is 382 g/mol. The van der Waals surface area contributed by atoms with E-state index in [1.807, 2.05) is 0 Å². The Labute approximate surface area is 169 Å². The smallest absolute Gasteiger partial charge is 0.223 e. The summed E-state index contributed by atoms with van der Waals surface area (Å²) in [5, 5.41) is 3.12. The summed E-state index contributed by atoms with van der Waals surface area (Å²) >= 11 is 0. The fourth-order valence-electron chi connectivity index (χ4n) is 4.60. The van der Waals surface area contributed by atoms with E-state index in [0.29, 0.717) is 44.9 Å². The van der Waals surface area contributed by atoms with Gasteiger partial charge in [0.25, 0.3) is 0 Å². The number of nitrogens with zero attached hydrogens (tertiary/aromatic N) is 2. The van der Waals surface area contributed by atoms with Crippen molar-refractivity contribution >= 4 is 15.9 Å². The quantitative estimate of drug-likeness (QED) is 0.647. The molecule has 3 saturated heterocycles. The molecule has 0 spiro atoms. The molecule has 0 aromatic rings. The molecule has 162 valence electrons. The van der Waals surface area contributed by atoms with Crippen molar-refractivity contribution in [2.24, 2.45) is 5.92 Å². The normalized spacial score (nSPS) is 24.5. The SMILES string of the molecule is CS(=O)(=O)N1CCC(N(CCNC(=O)C2CCOCC2)C2CCOCC2)CC1. The molecule has 0 aromatic carbocycles. The van der Waals surface area contributed by atoms with Crippen molar-refractivity contribution in [3.05, 3.63) is 0 Å². The van der Waals surface area contributed by atoms with E-state index < -0.39 is 10.0 Å². The molecule has 0 radical (unpaired) electrons. The van der Waals surface area contributed by atoms with Crippen LogP contribution in [0.5, 0.6) is 0 Å². The van der Waals surface area contributed by atoms with Crippen LogP contribution in [0.3, 0.4) is 0 Å². The van der Waals surface area contributed by atoms with Gasteiger partial charge < -0.3 is 14.8 Å². The van der Waals surface area contributed by atoms with Crippen LogP contribution in [0.25, 0.3) is 0 Å². The largest absolute Gasteiger partial charge is 0.381 e. The van der Waals surface area contributed by atoms with Crippen molar-refractivity contribution in [2.45, 2.75) is 50.6 Å². The van der Waals surface area contributed by atoms with E-state index in [9.17, 15) is 13.2 Å². The average Bonchev–Trinajstić information content (AvgIpc) is 2.72. The number of hydrogen-bond donors (Lipinski definition) is 1. The highest BCUT2D eigenvalue weighted by atomic mass is 32.2. The molecule has 0 atom stereocenters. The van der Waals surface area contributed by atoms with Gasteiger partial charge >= 0.3 is 0 Å². The Morgan fingerprint density at radius 3 is 2.07 bits per heavy atom. The molecule has 3 aliphatic rings. The molecule has 8 nitrogen and oxygen atoms in total. The minimum absolute atomic E-state index is 0.0725. The van der Waals surface area contributed by atoms with Gasteiger partial charge in [-0.1, -0.05) is 0 Å². The van der Waals surface area contributed by atoms with Crippen LogP contribution in [0.15, 0.2) is 0 Å². The van der Waals surface area contributed by atoms with Crippen molar-refractivity contribution < 1.29 is 22.7 Å². The zero-order valence-electron chi connectivity index (χ0n) is 17.0. The Balaban J connectivity index is 1.53. The Hall–Kier alpha value is -0.740. The summed E-state index contributed by atoms with van der Waals surface area (Å²) in [6.45, 7) is 5.50. The van der Waals surface area contributed by atoms with E-state index in [-0.39, 0.29) is 11.8 Å². The number of carbonyl (C=O) groups is 1. The lowest BCUT2D eigenvalue weighted by molar-refractivity contribution is -0.128. The highest BCUT2D eigenvalue weighted by Crippen LogP contribution is 2.24. The Morgan fingerprint density at radius 1 is 0.964 bits per heavy atom. The zero-order chi connectivity index (χ0) is 20.0. The molecule has 3 rings (SSSR count). The highest BCUT2D eigenvalue weighted by Gasteiger charge is 2.32. The van der Waals surface area contributed by atoms with Crippen LogP contribution in [0.2, 0.25) is 0 Å². The zero-order valence-corrected chi connectivity index (χ0v) is 17.8. The maximum absolute atomic E-state index is 12.4. The van der Waals surface area contributed by atoms with Crippen LogP contribution in [0.1, 0.15) is 38.5 Å². The molecule has 0 unspecified atom stereocenters. The average molecular weight is 418 g/mol. The summed E-state index contributed by atoms with van der Waals surface area (Å²) < 4.78 is 36.0. The van der Waals surface area contributed by atoms with Crippen molar-refractivity contribution in [2.75, 3.05) is 58.9 Å². The first kappa shape index (κ1) is 22.0. The third kappa shape index (κ3) is 6.13. The number of amides is 1. The summed E-state index contributed by atoms with van der Waals surface area (Å²) in [4.78, 5) is 14.9. The molecule has 1 N–H and O–H groups in total. The lowest BCUT2D eigenvalue weighted by atomic mass is 9.98. The number of nitrogens with one attached hydrogen (secondary N) is 1. The maximum Gasteiger partial charge on any atom is 0.223 e. The summed E-state index contributed by atoms with van der Waals surface area (Å²) in [6.07, 6.45) is 6.59. The third-order valence-corrected chi connectivity index (χ3v) is 7.59. The van der Waals surface area contributed by atoms with Crippen molar-refractivity contribution in [1.29, 1.82) is 0 Å². The monoisotopic (exact) mass is 417 g/mol. The first-order valence-corrected chi connectivity index (χ1v) is 12.4. The van der Waals surface area contributed by atoms with Crippen LogP contribution >= 0.6 is 0 Å². The van der Waals surface area contributed by atoms with E-state index >= 15 is 0 Å². The maximum atomic E-state index is 12.4. The van der Waals surface area contributed by atoms with Gasteiger partial charge in [0.15, 0.2) is 0 Å². The Morgan fingerprint density at radius 2 is 1.50 bits per heavy atom. The second kappa shape index (κ2) is 10.3. The van der Waals surface area contributed by atoms with Gasteiger partial charge in [-0.15, -0.1) is 0 Å². The molecule has 0 aliphatic carbocycles. The minimum Gasteiger partial charge on any atom is -0.381 e. The predicted octanol–water partition coefficient (Wildman–Crippen LogP) is 0.434. The van der Waals surface area contributed by atoms with Gasteiger partial charge in [-0.25, -0.2) is 12.7 Å². The van der Waals surface area contributed by atoms with Gasteiger partial charge in [-0.05, 0) is 38.5 Å². The molecule has 0 bridgehead atoms.